The van der Waals surface area contributed by atoms with E-state index < -0.39 is 0 Å². The van der Waals surface area contributed by atoms with Crippen molar-refractivity contribution in [3.05, 3.63) is 37.5 Å². The van der Waals surface area contributed by atoms with Gasteiger partial charge in [0.15, 0.2) is 0 Å². The third kappa shape index (κ3) is 9.85. The monoisotopic (exact) mass is 253 g/mol. The Morgan fingerprint density at radius 2 is 2.00 bits per heavy atom. The van der Waals surface area contributed by atoms with Gasteiger partial charge in [0.1, 0.15) is 0 Å². The summed E-state index contributed by atoms with van der Waals surface area (Å²) in [5.74, 6) is -0.0949. The zero-order valence-corrected chi connectivity index (χ0v) is 11.7. The third-order valence-electron chi connectivity index (χ3n) is 2.41. The Hall–Kier alpha value is -1.35. The van der Waals surface area contributed by atoms with Gasteiger partial charge in [0.25, 0.3) is 5.91 Å². The highest BCUT2D eigenvalue weighted by atomic mass is 16.3. The molecule has 0 heterocycles. The number of aliphatic hydroxyl groups excluding tert-OH is 1. The van der Waals surface area contributed by atoms with Gasteiger partial charge in [0.2, 0.25) is 0 Å². The molecule has 0 fully saturated rings. The Kier molecular flexibility index (Phi) is 14.5. The first-order valence-corrected chi connectivity index (χ1v) is 6.40. The molecule has 0 radical (unpaired) electrons. The lowest BCUT2D eigenvalue weighted by atomic mass is 10.1. The van der Waals surface area contributed by atoms with Gasteiger partial charge >= 0.3 is 0 Å². The second kappa shape index (κ2) is 13.7. The molecule has 104 valence electrons. The van der Waals surface area contributed by atoms with E-state index in [1.807, 2.05) is 13.8 Å². The van der Waals surface area contributed by atoms with Crippen LogP contribution in [-0.4, -0.2) is 23.7 Å². The van der Waals surface area contributed by atoms with Gasteiger partial charge < -0.3 is 10.4 Å². The topological polar surface area (TPSA) is 49.3 Å². The SMILES string of the molecule is C=C.C=C/C(=C\C)C(=O)NCCCC(O)CCC. The van der Waals surface area contributed by atoms with E-state index in [0.29, 0.717) is 12.1 Å². The molecule has 0 saturated carbocycles. The van der Waals surface area contributed by atoms with Crippen molar-refractivity contribution in [3.63, 3.8) is 0 Å². The molecule has 0 aromatic heterocycles. The molecule has 0 aliphatic rings. The van der Waals surface area contributed by atoms with Gasteiger partial charge in [-0.05, 0) is 26.2 Å². The second-order valence-corrected chi connectivity index (χ2v) is 3.79. The van der Waals surface area contributed by atoms with Crippen LogP contribution in [0, 0.1) is 0 Å². The van der Waals surface area contributed by atoms with Crippen molar-refractivity contribution in [1.82, 2.24) is 5.32 Å². The lowest BCUT2D eigenvalue weighted by Gasteiger charge is -2.09. The zero-order valence-electron chi connectivity index (χ0n) is 11.7. The van der Waals surface area contributed by atoms with Gasteiger partial charge in [-0.15, -0.1) is 13.2 Å². The van der Waals surface area contributed by atoms with E-state index in [4.69, 9.17) is 0 Å². The molecule has 0 aromatic rings. The van der Waals surface area contributed by atoms with Crippen LogP contribution in [0.15, 0.2) is 37.5 Å². The lowest BCUT2D eigenvalue weighted by molar-refractivity contribution is -0.117. The van der Waals surface area contributed by atoms with E-state index in [1.54, 1.807) is 12.2 Å². The fourth-order valence-corrected chi connectivity index (χ4v) is 1.46. The summed E-state index contributed by atoms with van der Waals surface area (Å²) in [6.45, 7) is 14.0. The normalized spacial score (nSPS) is 12.1. The van der Waals surface area contributed by atoms with Gasteiger partial charge in [-0.2, -0.15) is 0 Å². The molecular weight excluding hydrogens is 226 g/mol. The van der Waals surface area contributed by atoms with Crippen molar-refractivity contribution in [2.24, 2.45) is 0 Å². The van der Waals surface area contributed by atoms with Gasteiger partial charge in [-0.3, -0.25) is 4.79 Å². The van der Waals surface area contributed by atoms with Crippen molar-refractivity contribution in [1.29, 1.82) is 0 Å². The molecule has 1 unspecified atom stereocenters. The maximum absolute atomic E-state index is 11.5. The smallest absolute Gasteiger partial charge is 0.250 e. The minimum Gasteiger partial charge on any atom is -0.393 e. The van der Waals surface area contributed by atoms with E-state index in [-0.39, 0.29) is 12.0 Å². The maximum atomic E-state index is 11.5. The van der Waals surface area contributed by atoms with Gasteiger partial charge in [0.05, 0.1) is 6.10 Å². The Bertz CT molecular complexity index is 259. The van der Waals surface area contributed by atoms with Crippen LogP contribution in [-0.2, 0) is 4.79 Å². The van der Waals surface area contributed by atoms with Gasteiger partial charge in [-0.1, -0.05) is 32.1 Å². The van der Waals surface area contributed by atoms with Crippen LogP contribution in [0.4, 0.5) is 0 Å². The van der Waals surface area contributed by atoms with Crippen molar-refractivity contribution >= 4 is 5.91 Å². The van der Waals surface area contributed by atoms with Gasteiger partial charge in [-0.25, -0.2) is 0 Å². The Morgan fingerprint density at radius 1 is 1.39 bits per heavy atom. The zero-order chi connectivity index (χ0) is 14.4. The molecule has 0 aliphatic carbocycles. The fraction of sp³-hybridized carbons (Fsp3) is 0.533. The number of carbonyl (C=O) groups is 1. The number of aliphatic hydroxyl groups is 1. The molecule has 2 N–H and O–H groups in total. The van der Waals surface area contributed by atoms with Crippen LogP contribution in [0.5, 0.6) is 0 Å². The largest absolute Gasteiger partial charge is 0.393 e. The number of nitrogens with one attached hydrogen (secondary N) is 1. The number of allylic oxidation sites excluding steroid dienone is 1. The molecule has 0 aliphatic heterocycles. The summed E-state index contributed by atoms with van der Waals surface area (Å²) in [6.07, 6.45) is 6.42. The van der Waals surface area contributed by atoms with E-state index in [9.17, 15) is 9.90 Å². The molecule has 0 aromatic carbocycles. The second-order valence-electron chi connectivity index (χ2n) is 3.79. The van der Waals surface area contributed by atoms with E-state index in [2.05, 4.69) is 25.1 Å². The first-order valence-electron chi connectivity index (χ1n) is 6.40. The Labute approximate surface area is 111 Å². The van der Waals surface area contributed by atoms with Crippen LogP contribution >= 0.6 is 0 Å². The summed E-state index contributed by atoms with van der Waals surface area (Å²) in [5, 5.41) is 12.3. The summed E-state index contributed by atoms with van der Waals surface area (Å²) in [7, 11) is 0. The average molecular weight is 253 g/mol. The summed E-state index contributed by atoms with van der Waals surface area (Å²) in [6, 6.07) is 0. The van der Waals surface area contributed by atoms with Crippen LogP contribution in [0.25, 0.3) is 0 Å². The van der Waals surface area contributed by atoms with Crippen LogP contribution in [0.2, 0.25) is 0 Å². The highest BCUT2D eigenvalue weighted by Gasteiger charge is 2.05. The molecule has 1 amide bonds. The van der Waals surface area contributed by atoms with Crippen molar-refractivity contribution in [2.75, 3.05) is 6.54 Å². The summed E-state index contributed by atoms with van der Waals surface area (Å²) >= 11 is 0. The summed E-state index contributed by atoms with van der Waals surface area (Å²) in [4.78, 5) is 11.5. The molecule has 0 rings (SSSR count). The predicted molar refractivity (Wildman–Crippen MR) is 78.4 cm³/mol. The molecule has 18 heavy (non-hydrogen) atoms. The first kappa shape index (κ1) is 19.0. The van der Waals surface area contributed by atoms with Crippen molar-refractivity contribution in [3.8, 4) is 0 Å². The molecule has 0 spiro atoms. The van der Waals surface area contributed by atoms with Crippen LogP contribution in [0.3, 0.4) is 0 Å². The van der Waals surface area contributed by atoms with E-state index in [0.717, 1.165) is 25.7 Å². The Morgan fingerprint density at radius 3 is 2.44 bits per heavy atom. The molecule has 0 bridgehead atoms. The molecular formula is C15H27NO2. The highest BCUT2D eigenvalue weighted by Crippen LogP contribution is 2.03. The minimum absolute atomic E-state index is 0.0949. The lowest BCUT2D eigenvalue weighted by Crippen LogP contribution is -2.26. The molecule has 1 atom stereocenters. The van der Waals surface area contributed by atoms with E-state index >= 15 is 0 Å². The fourth-order valence-electron chi connectivity index (χ4n) is 1.46. The highest BCUT2D eigenvalue weighted by molar-refractivity contribution is 5.95. The van der Waals surface area contributed by atoms with Crippen LogP contribution in [0.1, 0.15) is 39.5 Å². The molecule has 3 nitrogen and oxygen atoms in total. The maximum Gasteiger partial charge on any atom is 0.250 e. The number of carbonyl (C=O) groups excluding carboxylic acids is 1. The van der Waals surface area contributed by atoms with Gasteiger partial charge in [0, 0.05) is 12.1 Å². The Balaban J connectivity index is 0. The minimum atomic E-state index is -0.234. The predicted octanol–water partition coefficient (Wildman–Crippen LogP) is 2.98. The molecule has 0 saturated heterocycles. The third-order valence-corrected chi connectivity index (χ3v) is 2.41. The first-order chi connectivity index (χ1) is 8.65. The van der Waals surface area contributed by atoms with E-state index in [1.165, 1.54) is 0 Å². The number of hydrogen-bond acceptors (Lipinski definition) is 2. The standard InChI is InChI=1S/C13H23NO2.C2H4/c1-4-8-12(15)9-7-10-14-13(16)11(5-2)6-3;1-2/h5-6,12,15H,2,4,7-10H2,1,3H3,(H,14,16);1-2H2/b11-6+;. The average Bonchev–Trinajstić information content (AvgIpc) is 2.39. The number of hydrogen-bond donors (Lipinski definition) is 2. The van der Waals surface area contributed by atoms with Crippen molar-refractivity contribution in [2.45, 2.75) is 45.6 Å². The number of rotatable bonds is 8. The number of amides is 1. The molecule has 3 heteroatoms. The summed E-state index contributed by atoms with van der Waals surface area (Å²) in [5.41, 5.74) is 0.592. The van der Waals surface area contributed by atoms with Crippen molar-refractivity contribution < 1.29 is 9.90 Å². The summed E-state index contributed by atoms with van der Waals surface area (Å²) < 4.78 is 0. The quantitative estimate of drug-likeness (QED) is 0.302. The van der Waals surface area contributed by atoms with Crippen LogP contribution < -0.4 is 5.32 Å².